The van der Waals surface area contributed by atoms with Gasteiger partial charge in [0.1, 0.15) is 6.54 Å². The molecule has 1 rings (SSSR count). The van der Waals surface area contributed by atoms with Crippen LogP contribution in [0.2, 0.25) is 0 Å². The second kappa shape index (κ2) is 9.13. The number of carbonyl (C=O) groups excluding carboxylic acids is 2. The zero-order chi connectivity index (χ0) is 15.7. The number of nitrogens with two attached hydrogens (primary N) is 1. The summed E-state index contributed by atoms with van der Waals surface area (Å²) in [5.41, 5.74) is 7.12. The lowest BCUT2D eigenvalue weighted by molar-refractivity contribution is -0.147. The summed E-state index contributed by atoms with van der Waals surface area (Å²) in [6.45, 7) is 2.42. The van der Waals surface area contributed by atoms with Crippen molar-refractivity contribution in [2.24, 2.45) is 5.73 Å². The van der Waals surface area contributed by atoms with Gasteiger partial charge in [0.25, 0.3) is 0 Å². The lowest BCUT2D eigenvalue weighted by atomic mass is 10.0. The van der Waals surface area contributed by atoms with Crippen LogP contribution < -0.4 is 5.73 Å². The third-order valence-electron chi connectivity index (χ3n) is 3.26. The van der Waals surface area contributed by atoms with Gasteiger partial charge in [-0.3, -0.25) is 9.59 Å². The van der Waals surface area contributed by atoms with Gasteiger partial charge < -0.3 is 15.4 Å². The molecule has 0 saturated carbocycles. The van der Waals surface area contributed by atoms with Crippen LogP contribution in [-0.4, -0.2) is 43.0 Å². The Labute approximate surface area is 126 Å². The molecular weight excluding hydrogens is 268 g/mol. The SMILES string of the molecule is CCCN(CC(=O)OC)C(=O)C(N)CCc1ccccc1. The molecule has 0 saturated heterocycles. The summed E-state index contributed by atoms with van der Waals surface area (Å²) >= 11 is 0. The first-order chi connectivity index (χ1) is 10.1. The van der Waals surface area contributed by atoms with Crippen LogP contribution >= 0.6 is 0 Å². The van der Waals surface area contributed by atoms with Crippen LogP contribution in [0.15, 0.2) is 30.3 Å². The molecule has 0 fully saturated rings. The largest absolute Gasteiger partial charge is 0.468 e. The summed E-state index contributed by atoms with van der Waals surface area (Å²) in [7, 11) is 1.31. The Morgan fingerprint density at radius 1 is 1.29 bits per heavy atom. The van der Waals surface area contributed by atoms with Crippen LogP contribution in [0, 0.1) is 0 Å². The molecule has 0 heterocycles. The van der Waals surface area contributed by atoms with Gasteiger partial charge in [0.15, 0.2) is 0 Å². The fourth-order valence-electron chi connectivity index (χ4n) is 2.08. The molecule has 1 unspecified atom stereocenters. The van der Waals surface area contributed by atoms with Gasteiger partial charge >= 0.3 is 5.97 Å². The summed E-state index contributed by atoms with van der Waals surface area (Å²) < 4.78 is 4.61. The van der Waals surface area contributed by atoms with Crippen molar-refractivity contribution < 1.29 is 14.3 Å². The topological polar surface area (TPSA) is 72.6 Å². The van der Waals surface area contributed by atoms with Crippen LogP contribution in [0.3, 0.4) is 0 Å². The molecular formula is C16H24N2O3. The van der Waals surface area contributed by atoms with E-state index in [0.29, 0.717) is 13.0 Å². The third-order valence-corrected chi connectivity index (χ3v) is 3.26. The minimum absolute atomic E-state index is 0.0395. The van der Waals surface area contributed by atoms with E-state index in [0.717, 1.165) is 18.4 Å². The highest BCUT2D eigenvalue weighted by atomic mass is 16.5. The number of amides is 1. The molecule has 1 atom stereocenters. The third kappa shape index (κ3) is 5.95. The lowest BCUT2D eigenvalue weighted by Crippen LogP contribution is -2.46. The first-order valence-electron chi connectivity index (χ1n) is 7.23. The molecule has 5 heteroatoms. The molecule has 0 aliphatic carbocycles. The molecule has 2 N–H and O–H groups in total. The monoisotopic (exact) mass is 292 g/mol. The number of methoxy groups -OCH3 is 1. The summed E-state index contributed by atoms with van der Waals surface area (Å²) in [5.74, 6) is -0.620. The maximum atomic E-state index is 12.3. The summed E-state index contributed by atoms with van der Waals surface area (Å²) in [6.07, 6.45) is 2.07. The van der Waals surface area contributed by atoms with Crippen molar-refractivity contribution in [3.8, 4) is 0 Å². The second-order valence-electron chi connectivity index (χ2n) is 4.97. The highest BCUT2D eigenvalue weighted by Gasteiger charge is 2.22. The van der Waals surface area contributed by atoms with Crippen molar-refractivity contribution in [3.05, 3.63) is 35.9 Å². The van der Waals surface area contributed by atoms with Crippen LogP contribution in [0.5, 0.6) is 0 Å². The predicted molar refractivity (Wildman–Crippen MR) is 81.6 cm³/mol. The van der Waals surface area contributed by atoms with E-state index in [9.17, 15) is 9.59 Å². The number of aryl methyl sites for hydroxylation is 1. The molecule has 0 bridgehead atoms. The van der Waals surface area contributed by atoms with Gasteiger partial charge in [0, 0.05) is 6.54 Å². The molecule has 1 aromatic carbocycles. The summed E-state index contributed by atoms with van der Waals surface area (Å²) in [5, 5.41) is 0. The average Bonchev–Trinajstić information content (AvgIpc) is 2.52. The van der Waals surface area contributed by atoms with Crippen LogP contribution in [0.1, 0.15) is 25.3 Å². The fraction of sp³-hybridized carbons (Fsp3) is 0.500. The van der Waals surface area contributed by atoms with Gasteiger partial charge in [-0.15, -0.1) is 0 Å². The fourth-order valence-corrected chi connectivity index (χ4v) is 2.08. The molecule has 0 aliphatic rings. The smallest absolute Gasteiger partial charge is 0.325 e. The highest BCUT2D eigenvalue weighted by Crippen LogP contribution is 2.06. The van der Waals surface area contributed by atoms with Crippen molar-refractivity contribution >= 4 is 11.9 Å². The van der Waals surface area contributed by atoms with Crippen molar-refractivity contribution in [2.45, 2.75) is 32.2 Å². The van der Waals surface area contributed by atoms with E-state index in [1.165, 1.54) is 12.0 Å². The van der Waals surface area contributed by atoms with Gasteiger partial charge in [0.05, 0.1) is 13.2 Å². The number of nitrogens with zero attached hydrogens (tertiary/aromatic N) is 1. The standard InChI is InChI=1S/C16H24N2O3/c1-3-11-18(12-15(19)21-2)16(20)14(17)10-9-13-7-5-4-6-8-13/h4-8,14H,3,9-12,17H2,1-2H3. The van der Waals surface area contributed by atoms with E-state index in [4.69, 9.17) is 5.73 Å². The number of hydrogen-bond acceptors (Lipinski definition) is 4. The molecule has 1 amide bonds. The van der Waals surface area contributed by atoms with Crippen molar-refractivity contribution in [1.82, 2.24) is 4.90 Å². The number of hydrogen-bond donors (Lipinski definition) is 1. The van der Waals surface area contributed by atoms with Gasteiger partial charge in [0.2, 0.25) is 5.91 Å². The number of ether oxygens (including phenoxy) is 1. The molecule has 0 aliphatic heterocycles. The lowest BCUT2D eigenvalue weighted by Gasteiger charge is -2.24. The second-order valence-corrected chi connectivity index (χ2v) is 4.97. The summed E-state index contributed by atoms with van der Waals surface area (Å²) in [6, 6.07) is 9.30. The van der Waals surface area contributed by atoms with E-state index in [1.807, 2.05) is 37.3 Å². The van der Waals surface area contributed by atoms with Gasteiger partial charge in [-0.05, 0) is 24.8 Å². The number of rotatable bonds is 8. The van der Waals surface area contributed by atoms with Gasteiger partial charge in [-0.25, -0.2) is 0 Å². The van der Waals surface area contributed by atoms with E-state index in [1.54, 1.807) is 0 Å². The predicted octanol–water partition coefficient (Wildman–Crippen LogP) is 1.36. The van der Waals surface area contributed by atoms with Crippen molar-refractivity contribution in [3.63, 3.8) is 0 Å². The van der Waals surface area contributed by atoms with E-state index in [2.05, 4.69) is 4.74 Å². The van der Waals surface area contributed by atoms with E-state index < -0.39 is 12.0 Å². The quantitative estimate of drug-likeness (QED) is 0.734. The Kier molecular flexibility index (Phi) is 7.46. The molecule has 116 valence electrons. The first kappa shape index (κ1) is 17.2. The highest BCUT2D eigenvalue weighted by molar-refractivity contribution is 5.85. The zero-order valence-corrected chi connectivity index (χ0v) is 12.7. The molecule has 0 spiro atoms. The minimum Gasteiger partial charge on any atom is -0.468 e. The Morgan fingerprint density at radius 2 is 1.95 bits per heavy atom. The Balaban J connectivity index is 2.54. The average molecular weight is 292 g/mol. The first-order valence-corrected chi connectivity index (χ1v) is 7.23. The minimum atomic E-state index is -0.596. The Morgan fingerprint density at radius 3 is 2.52 bits per heavy atom. The molecule has 0 aromatic heterocycles. The molecule has 5 nitrogen and oxygen atoms in total. The van der Waals surface area contributed by atoms with E-state index in [-0.39, 0.29) is 12.5 Å². The maximum absolute atomic E-state index is 12.3. The molecule has 21 heavy (non-hydrogen) atoms. The molecule has 0 radical (unpaired) electrons. The Hall–Kier alpha value is -1.88. The van der Waals surface area contributed by atoms with Gasteiger partial charge in [-0.2, -0.15) is 0 Å². The zero-order valence-electron chi connectivity index (χ0n) is 12.7. The normalized spacial score (nSPS) is 11.8. The number of esters is 1. The summed E-state index contributed by atoms with van der Waals surface area (Å²) in [4.78, 5) is 25.1. The maximum Gasteiger partial charge on any atom is 0.325 e. The number of benzene rings is 1. The van der Waals surface area contributed by atoms with E-state index >= 15 is 0 Å². The molecule has 1 aromatic rings. The number of carbonyl (C=O) groups is 2. The van der Waals surface area contributed by atoms with Crippen molar-refractivity contribution in [1.29, 1.82) is 0 Å². The van der Waals surface area contributed by atoms with Crippen LogP contribution in [0.25, 0.3) is 0 Å². The van der Waals surface area contributed by atoms with Crippen LogP contribution in [-0.2, 0) is 20.7 Å². The Bertz CT molecular complexity index is 448. The van der Waals surface area contributed by atoms with Gasteiger partial charge in [-0.1, -0.05) is 37.3 Å². The van der Waals surface area contributed by atoms with Crippen molar-refractivity contribution in [2.75, 3.05) is 20.2 Å². The van der Waals surface area contributed by atoms with Crippen LogP contribution in [0.4, 0.5) is 0 Å².